The van der Waals surface area contributed by atoms with Gasteiger partial charge in [0.25, 0.3) is 5.91 Å². The van der Waals surface area contributed by atoms with Crippen molar-refractivity contribution in [3.63, 3.8) is 0 Å². The van der Waals surface area contributed by atoms with E-state index in [-0.39, 0.29) is 22.0 Å². The van der Waals surface area contributed by atoms with Crippen molar-refractivity contribution in [1.29, 1.82) is 0 Å². The van der Waals surface area contributed by atoms with Gasteiger partial charge in [0.05, 0.1) is 4.90 Å². The van der Waals surface area contributed by atoms with Crippen molar-refractivity contribution in [3.8, 4) is 0 Å². The number of carbonyl (C=O) groups is 1. The molecule has 0 aliphatic carbocycles. The zero-order valence-corrected chi connectivity index (χ0v) is 19.1. The molecule has 0 radical (unpaired) electrons. The first kappa shape index (κ1) is 21.9. The Balaban J connectivity index is 1.83. The monoisotopic (exact) mass is 467 g/mol. The molecular formula is C24H22ClN3O3S. The summed E-state index contributed by atoms with van der Waals surface area (Å²) in [6.45, 7) is 3.86. The van der Waals surface area contributed by atoms with E-state index in [0.717, 1.165) is 16.7 Å². The minimum Gasteiger partial charge on any atom is -0.399 e. The van der Waals surface area contributed by atoms with Crippen LogP contribution in [-0.2, 0) is 16.4 Å². The largest absolute Gasteiger partial charge is 0.399 e. The van der Waals surface area contributed by atoms with Crippen LogP contribution in [0.4, 0.5) is 5.69 Å². The smallest absolute Gasteiger partial charge is 0.269 e. The second-order valence-electron chi connectivity index (χ2n) is 7.77. The molecule has 6 nitrogen and oxygen atoms in total. The average molecular weight is 468 g/mol. The van der Waals surface area contributed by atoms with E-state index in [0.29, 0.717) is 21.6 Å². The van der Waals surface area contributed by atoms with E-state index >= 15 is 0 Å². The number of benzene rings is 3. The number of nitrogen functional groups attached to an aromatic ring is 1. The van der Waals surface area contributed by atoms with Crippen LogP contribution in [0.2, 0.25) is 5.02 Å². The fourth-order valence-corrected chi connectivity index (χ4v) is 5.72. The molecule has 0 saturated carbocycles. The van der Waals surface area contributed by atoms with Gasteiger partial charge >= 0.3 is 0 Å². The molecule has 4 rings (SSSR count). The van der Waals surface area contributed by atoms with Gasteiger partial charge in [0, 0.05) is 28.2 Å². The predicted molar refractivity (Wildman–Crippen MR) is 127 cm³/mol. The average Bonchev–Trinajstić information content (AvgIpc) is 3.11. The molecular weight excluding hydrogens is 446 g/mol. The van der Waals surface area contributed by atoms with Gasteiger partial charge in [-0.3, -0.25) is 4.79 Å². The van der Waals surface area contributed by atoms with Gasteiger partial charge < -0.3 is 16.0 Å². The Labute approximate surface area is 191 Å². The zero-order chi connectivity index (χ0) is 23.0. The van der Waals surface area contributed by atoms with Crippen LogP contribution in [-0.4, -0.2) is 19.3 Å². The number of rotatable bonds is 5. The molecule has 1 amide bonds. The standard InChI is InChI=1S/C24H22ClN3O3S/c1-14-8-15(2)10-19(9-14)32(30,31)23-20-12-17(25)6-7-21(20)28-22(23)24(29)27-13-16-4-3-5-18(26)11-16/h3-12,28H,13,26H2,1-2H3,(H,27,29). The number of aryl methyl sites for hydroxylation is 2. The summed E-state index contributed by atoms with van der Waals surface area (Å²) in [6, 6.07) is 17.1. The maximum atomic E-state index is 13.7. The number of hydrogen-bond acceptors (Lipinski definition) is 4. The fraction of sp³-hybridized carbons (Fsp3) is 0.125. The van der Waals surface area contributed by atoms with Crippen LogP contribution in [0.25, 0.3) is 10.9 Å². The molecule has 1 aromatic heterocycles. The number of hydrogen-bond donors (Lipinski definition) is 3. The zero-order valence-electron chi connectivity index (χ0n) is 17.6. The van der Waals surface area contributed by atoms with Crippen molar-refractivity contribution >= 4 is 43.9 Å². The van der Waals surface area contributed by atoms with E-state index in [1.807, 2.05) is 26.0 Å². The molecule has 4 N–H and O–H groups in total. The first-order valence-electron chi connectivity index (χ1n) is 9.92. The Bertz CT molecular complexity index is 1440. The van der Waals surface area contributed by atoms with Crippen LogP contribution in [0.5, 0.6) is 0 Å². The van der Waals surface area contributed by atoms with E-state index in [1.54, 1.807) is 48.5 Å². The molecule has 32 heavy (non-hydrogen) atoms. The maximum Gasteiger partial charge on any atom is 0.269 e. The molecule has 0 unspecified atom stereocenters. The van der Waals surface area contributed by atoms with E-state index in [4.69, 9.17) is 17.3 Å². The molecule has 4 aromatic rings. The number of halogens is 1. The summed E-state index contributed by atoms with van der Waals surface area (Å²) in [5, 5.41) is 3.52. The van der Waals surface area contributed by atoms with Gasteiger partial charge in [-0.15, -0.1) is 0 Å². The van der Waals surface area contributed by atoms with E-state index in [9.17, 15) is 13.2 Å². The lowest BCUT2D eigenvalue weighted by atomic mass is 10.2. The molecule has 0 saturated heterocycles. The number of H-pyrrole nitrogens is 1. The van der Waals surface area contributed by atoms with E-state index in [2.05, 4.69) is 10.3 Å². The topological polar surface area (TPSA) is 105 Å². The summed E-state index contributed by atoms with van der Waals surface area (Å²) in [4.78, 5) is 16.1. The Morgan fingerprint density at radius 3 is 2.44 bits per heavy atom. The summed E-state index contributed by atoms with van der Waals surface area (Å²) in [5.41, 5.74) is 9.28. The summed E-state index contributed by atoms with van der Waals surface area (Å²) in [7, 11) is -4.02. The van der Waals surface area contributed by atoms with Gasteiger partial charge in [-0.05, 0) is 73.0 Å². The minimum atomic E-state index is -4.02. The minimum absolute atomic E-state index is 0.0367. The highest BCUT2D eigenvalue weighted by molar-refractivity contribution is 7.91. The number of aromatic amines is 1. The third kappa shape index (κ3) is 4.22. The normalized spacial score (nSPS) is 11.6. The molecule has 8 heteroatoms. The maximum absolute atomic E-state index is 13.7. The van der Waals surface area contributed by atoms with Crippen LogP contribution in [0.3, 0.4) is 0 Å². The predicted octanol–water partition coefficient (Wildman–Crippen LogP) is 4.78. The first-order chi connectivity index (χ1) is 15.1. The van der Waals surface area contributed by atoms with Crippen molar-refractivity contribution in [2.75, 3.05) is 5.73 Å². The van der Waals surface area contributed by atoms with E-state index < -0.39 is 15.7 Å². The van der Waals surface area contributed by atoms with Crippen molar-refractivity contribution in [3.05, 3.63) is 88.1 Å². The Kier molecular flexibility index (Phi) is 5.71. The number of nitrogens with two attached hydrogens (primary N) is 1. The second-order valence-corrected chi connectivity index (χ2v) is 10.1. The van der Waals surface area contributed by atoms with Crippen LogP contribution in [0.15, 0.2) is 70.5 Å². The third-order valence-corrected chi connectivity index (χ3v) is 7.17. The van der Waals surface area contributed by atoms with Crippen molar-refractivity contribution in [2.24, 2.45) is 0 Å². The van der Waals surface area contributed by atoms with Gasteiger partial charge in [0.2, 0.25) is 9.84 Å². The Morgan fingerprint density at radius 2 is 1.75 bits per heavy atom. The number of carbonyl (C=O) groups excluding carboxylic acids is 1. The summed E-state index contributed by atoms with van der Waals surface area (Å²) in [6.07, 6.45) is 0. The van der Waals surface area contributed by atoms with E-state index in [1.165, 1.54) is 0 Å². The van der Waals surface area contributed by atoms with Crippen molar-refractivity contribution in [2.45, 2.75) is 30.2 Å². The first-order valence-corrected chi connectivity index (χ1v) is 11.8. The molecule has 0 aliphatic heterocycles. The molecule has 0 bridgehead atoms. The number of aromatic nitrogens is 1. The highest BCUT2D eigenvalue weighted by Crippen LogP contribution is 2.34. The molecule has 0 spiro atoms. The number of sulfone groups is 1. The third-order valence-electron chi connectivity index (χ3n) is 5.12. The molecule has 0 fully saturated rings. The van der Waals surface area contributed by atoms with Crippen LogP contribution < -0.4 is 11.1 Å². The van der Waals surface area contributed by atoms with Gasteiger partial charge in [0.15, 0.2) is 0 Å². The second kappa shape index (κ2) is 8.33. The lowest BCUT2D eigenvalue weighted by molar-refractivity contribution is 0.0943. The Morgan fingerprint density at radius 1 is 1.03 bits per heavy atom. The fourth-order valence-electron chi connectivity index (χ4n) is 3.76. The summed E-state index contributed by atoms with van der Waals surface area (Å²) in [5.74, 6) is -0.539. The number of fused-ring (bicyclic) bond motifs is 1. The van der Waals surface area contributed by atoms with Crippen molar-refractivity contribution < 1.29 is 13.2 Å². The van der Waals surface area contributed by atoms with Gasteiger partial charge in [0.1, 0.15) is 10.6 Å². The molecule has 0 atom stereocenters. The van der Waals surface area contributed by atoms with Gasteiger partial charge in [-0.2, -0.15) is 0 Å². The van der Waals surface area contributed by atoms with Crippen LogP contribution in [0.1, 0.15) is 27.2 Å². The molecule has 0 aliphatic rings. The number of anilines is 1. The number of amides is 1. The number of nitrogens with one attached hydrogen (secondary N) is 2. The molecule has 1 heterocycles. The quantitative estimate of drug-likeness (QED) is 0.367. The van der Waals surface area contributed by atoms with Gasteiger partial charge in [-0.25, -0.2) is 8.42 Å². The molecule has 3 aromatic carbocycles. The lowest BCUT2D eigenvalue weighted by Crippen LogP contribution is -2.25. The SMILES string of the molecule is Cc1cc(C)cc(S(=O)(=O)c2c(C(=O)NCc3cccc(N)c3)[nH]c3ccc(Cl)cc23)c1. The van der Waals surface area contributed by atoms with Crippen LogP contribution >= 0.6 is 11.6 Å². The lowest BCUT2D eigenvalue weighted by Gasteiger charge is -2.10. The van der Waals surface area contributed by atoms with Crippen LogP contribution in [0, 0.1) is 13.8 Å². The summed E-state index contributed by atoms with van der Waals surface area (Å²) >= 11 is 6.16. The highest BCUT2D eigenvalue weighted by atomic mass is 35.5. The molecule has 164 valence electrons. The van der Waals surface area contributed by atoms with Gasteiger partial charge in [-0.1, -0.05) is 29.8 Å². The summed E-state index contributed by atoms with van der Waals surface area (Å²) < 4.78 is 27.4. The Hall–Kier alpha value is -3.29. The van der Waals surface area contributed by atoms with Crippen molar-refractivity contribution in [1.82, 2.24) is 10.3 Å². The highest BCUT2D eigenvalue weighted by Gasteiger charge is 2.30.